The van der Waals surface area contributed by atoms with Crippen LogP contribution in [-0.2, 0) is 15.5 Å². The Morgan fingerprint density at radius 1 is 1.12 bits per heavy atom. The third-order valence-corrected chi connectivity index (χ3v) is 8.01. The van der Waals surface area contributed by atoms with Gasteiger partial charge >= 0.3 is 0 Å². The van der Waals surface area contributed by atoms with Crippen molar-refractivity contribution in [2.75, 3.05) is 18.8 Å². The minimum absolute atomic E-state index is 0.0750. The highest BCUT2D eigenvalue weighted by Crippen LogP contribution is 2.43. The van der Waals surface area contributed by atoms with Gasteiger partial charge in [0.2, 0.25) is 0 Å². The van der Waals surface area contributed by atoms with Crippen molar-refractivity contribution in [1.82, 2.24) is 4.90 Å². The molecule has 0 bridgehead atoms. The maximum atomic E-state index is 13.6. The minimum atomic E-state index is -4.06. The summed E-state index contributed by atoms with van der Waals surface area (Å²) >= 11 is 12.5. The highest BCUT2D eigenvalue weighted by Gasteiger charge is 2.46. The lowest BCUT2D eigenvalue weighted by Gasteiger charge is -2.39. The lowest BCUT2D eigenvalue weighted by atomic mass is 9.75. The van der Waals surface area contributed by atoms with E-state index in [1.807, 2.05) is 42.5 Å². The zero-order valence-corrected chi connectivity index (χ0v) is 21.6. The summed E-state index contributed by atoms with van der Waals surface area (Å²) in [4.78, 5) is 15.8. The molecule has 0 amide bonds. The summed E-state index contributed by atoms with van der Waals surface area (Å²) in [6, 6.07) is 14.5. The summed E-state index contributed by atoms with van der Waals surface area (Å²) in [5, 5.41) is 0.893. The van der Waals surface area contributed by atoms with Gasteiger partial charge in [-0.25, -0.2) is 0 Å². The second-order valence-corrected chi connectivity index (χ2v) is 12.4. The number of nitrogens with zero attached hydrogens (tertiary/aromatic N) is 1. The van der Waals surface area contributed by atoms with Crippen LogP contribution in [0.4, 0.5) is 0 Å². The summed E-state index contributed by atoms with van der Waals surface area (Å²) in [6.45, 7) is 7.46. The number of Topliss-reactive ketones (excluding diaryl/α,β-unsaturated/α-hetero) is 1. The molecule has 0 aliphatic carbocycles. The third-order valence-electron chi connectivity index (χ3n) is 6.47. The summed E-state index contributed by atoms with van der Waals surface area (Å²) in [7, 11) is -4.06. The molecule has 2 unspecified atom stereocenters. The molecule has 5 nitrogen and oxygen atoms in total. The van der Waals surface area contributed by atoms with E-state index in [4.69, 9.17) is 23.2 Å². The number of rotatable bonds is 8. The number of hydrogen-bond donors (Lipinski definition) is 1. The zero-order valence-electron chi connectivity index (χ0n) is 19.2. The Morgan fingerprint density at radius 3 is 2.36 bits per heavy atom. The standard InChI is InChI=1S/C25H31Cl2NO4S/c1-24(2,3)23(22(29)18-8-5-4-6-9-18)28-14-13-25(17-28,12-7-15-33(30,31)32)19-10-11-20(26)21(27)16-19/h4-6,8-11,16,23H,7,12-15,17H2,1-3H3,(H,30,31,32). The Labute approximate surface area is 206 Å². The summed E-state index contributed by atoms with van der Waals surface area (Å²) in [5.74, 6) is -0.229. The van der Waals surface area contributed by atoms with Crippen molar-refractivity contribution in [3.8, 4) is 0 Å². The largest absolute Gasteiger partial charge is 0.292 e. The molecule has 1 fully saturated rings. The molecular weight excluding hydrogens is 481 g/mol. The zero-order chi connectivity index (χ0) is 24.4. The number of likely N-dealkylation sites (tertiary alicyclic amines) is 1. The summed E-state index contributed by atoms with van der Waals surface area (Å²) in [5.41, 5.74) is 0.930. The molecule has 8 heteroatoms. The monoisotopic (exact) mass is 511 g/mol. The van der Waals surface area contributed by atoms with Crippen LogP contribution in [0.5, 0.6) is 0 Å². The van der Waals surface area contributed by atoms with Gasteiger partial charge in [0.15, 0.2) is 5.78 Å². The van der Waals surface area contributed by atoms with E-state index in [-0.39, 0.29) is 23.0 Å². The lowest BCUT2D eigenvalue weighted by Crippen LogP contribution is -2.49. The minimum Gasteiger partial charge on any atom is -0.292 e. The molecule has 1 heterocycles. The first-order valence-corrected chi connectivity index (χ1v) is 13.4. The molecule has 2 aromatic carbocycles. The summed E-state index contributed by atoms with van der Waals surface area (Å²) in [6.07, 6.45) is 1.59. The second kappa shape index (κ2) is 10.0. The van der Waals surface area contributed by atoms with E-state index in [1.54, 1.807) is 6.07 Å². The van der Waals surface area contributed by atoms with Crippen molar-refractivity contribution in [3.05, 3.63) is 69.7 Å². The smallest absolute Gasteiger partial charge is 0.264 e. The quantitative estimate of drug-likeness (QED) is 0.352. The molecule has 2 aromatic rings. The first-order valence-electron chi connectivity index (χ1n) is 11.1. The van der Waals surface area contributed by atoms with Crippen LogP contribution in [0.1, 0.15) is 56.0 Å². The van der Waals surface area contributed by atoms with E-state index in [0.29, 0.717) is 41.5 Å². The molecule has 180 valence electrons. The SMILES string of the molecule is CC(C)(C)C(C(=O)c1ccccc1)N1CCC(CCCS(=O)(=O)O)(c2ccc(Cl)c(Cl)c2)C1. The normalized spacial score (nSPS) is 20.7. The number of benzene rings is 2. The fraction of sp³-hybridized carbons (Fsp3) is 0.480. The molecular formula is C25H31Cl2NO4S. The Bertz CT molecular complexity index is 1100. The molecule has 1 aliphatic heterocycles. The maximum absolute atomic E-state index is 13.6. The van der Waals surface area contributed by atoms with Crippen LogP contribution in [0.3, 0.4) is 0 Å². The number of carbonyl (C=O) groups is 1. The van der Waals surface area contributed by atoms with Gasteiger partial charge in [0.1, 0.15) is 0 Å². The Balaban J connectivity index is 1.96. The summed E-state index contributed by atoms with van der Waals surface area (Å²) < 4.78 is 32.0. The van der Waals surface area contributed by atoms with Crippen LogP contribution in [0.15, 0.2) is 48.5 Å². The van der Waals surface area contributed by atoms with E-state index < -0.39 is 15.5 Å². The Kier molecular flexibility index (Phi) is 7.97. The van der Waals surface area contributed by atoms with Crippen molar-refractivity contribution in [1.29, 1.82) is 0 Å². The predicted molar refractivity (Wildman–Crippen MR) is 134 cm³/mol. The Hall–Kier alpha value is -1.44. The first-order chi connectivity index (χ1) is 15.3. The van der Waals surface area contributed by atoms with Crippen LogP contribution >= 0.6 is 23.2 Å². The highest BCUT2D eigenvalue weighted by molar-refractivity contribution is 7.85. The number of carbonyl (C=O) groups excluding carboxylic acids is 1. The highest BCUT2D eigenvalue weighted by atomic mass is 35.5. The average Bonchev–Trinajstić information content (AvgIpc) is 3.13. The Morgan fingerprint density at radius 2 is 1.79 bits per heavy atom. The lowest BCUT2D eigenvalue weighted by molar-refractivity contribution is 0.0651. The van der Waals surface area contributed by atoms with Crippen LogP contribution in [-0.4, -0.2) is 48.5 Å². The topological polar surface area (TPSA) is 74.7 Å². The molecule has 0 aromatic heterocycles. The molecule has 33 heavy (non-hydrogen) atoms. The second-order valence-electron chi connectivity index (χ2n) is 10.0. The fourth-order valence-corrected chi connectivity index (χ4v) is 5.80. The van der Waals surface area contributed by atoms with Crippen molar-refractivity contribution in [2.45, 2.75) is 51.5 Å². The molecule has 1 N–H and O–H groups in total. The van der Waals surface area contributed by atoms with E-state index in [9.17, 15) is 17.8 Å². The van der Waals surface area contributed by atoms with Crippen LogP contribution < -0.4 is 0 Å². The van der Waals surface area contributed by atoms with Crippen molar-refractivity contribution >= 4 is 39.1 Å². The number of hydrogen-bond acceptors (Lipinski definition) is 4. The molecule has 0 radical (unpaired) electrons. The van der Waals surface area contributed by atoms with Gasteiger partial charge in [0.25, 0.3) is 10.1 Å². The van der Waals surface area contributed by atoms with Gasteiger partial charge in [-0.05, 0) is 48.9 Å². The van der Waals surface area contributed by atoms with Gasteiger partial charge in [-0.15, -0.1) is 0 Å². The van der Waals surface area contributed by atoms with Crippen LogP contribution in [0, 0.1) is 5.41 Å². The van der Waals surface area contributed by atoms with E-state index >= 15 is 0 Å². The van der Waals surface area contributed by atoms with Crippen molar-refractivity contribution < 1.29 is 17.8 Å². The molecule has 3 rings (SSSR count). The number of halogens is 2. The predicted octanol–water partition coefficient (Wildman–Crippen LogP) is 5.90. The van der Waals surface area contributed by atoms with Gasteiger partial charge in [-0.1, -0.05) is 80.4 Å². The molecule has 0 spiro atoms. The average molecular weight is 512 g/mol. The fourth-order valence-electron chi connectivity index (χ4n) is 4.99. The van der Waals surface area contributed by atoms with Gasteiger partial charge in [0, 0.05) is 17.5 Å². The molecule has 1 aliphatic rings. The van der Waals surface area contributed by atoms with E-state index in [1.165, 1.54) is 0 Å². The maximum Gasteiger partial charge on any atom is 0.264 e. The van der Waals surface area contributed by atoms with E-state index in [2.05, 4.69) is 25.7 Å². The third kappa shape index (κ3) is 6.37. The van der Waals surface area contributed by atoms with Gasteiger partial charge in [-0.2, -0.15) is 8.42 Å². The van der Waals surface area contributed by atoms with Gasteiger partial charge in [0.05, 0.1) is 21.8 Å². The first kappa shape index (κ1) is 26.2. The molecule has 2 atom stereocenters. The molecule has 0 saturated carbocycles. The van der Waals surface area contributed by atoms with Gasteiger partial charge in [-0.3, -0.25) is 14.2 Å². The number of ketones is 1. The van der Waals surface area contributed by atoms with Gasteiger partial charge < -0.3 is 0 Å². The van der Waals surface area contributed by atoms with Crippen molar-refractivity contribution in [3.63, 3.8) is 0 Å². The molecule has 1 saturated heterocycles. The van der Waals surface area contributed by atoms with E-state index in [0.717, 1.165) is 12.0 Å². The van der Waals surface area contributed by atoms with Crippen LogP contribution in [0.25, 0.3) is 0 Å². The van der Waals surface area contributed by atoms with Crippen LogP contribution in [0.2, 0.25) is 10.0 Å². The van der Waals surface area contributed by atoms with Crippen molar-refractivity contribution in [2.24, 2.45) is 5.41 Å².